The average Bonchev–Trinajstić information content (AvgIpc) is 1.80. The number of hydrogen-bond donors (Lipinski definition) is 2. The Morgan fingerprint density at radius 2 is 2.44 bits per heavy atom. The highest BCUT2D eigenvalue weighted by molar-refractivity contribution is 5.75. The first-order chi connectivity index (χ1) is 4.27. The zero-order chi connectivity index (χ0) is 7.11. The van der Waals surface area contributed by atoms with E-state index in [0.717, 1.165) is 0 Å². The molecule has 0 unspecified atom stereocenters. The van der Waals surface area contributed by atoms with Crippen LogP contribution in [0.1, 0.15) is 6.92 Å². The minimum atomic E-state index is -0.657. The Morgan fingerprint density at radius 3 is 2.89 bits per heavy atom. The van der Waals surface area contributed by atoms with E-state index in [1.54, 1.807) is 12.2 Å². The normalized spacial score (nSPS) is 10.8. The third kappa shape index (κ3) is 6.68. The van der Waals surface area contributed by atoms with Crippen LogP contribution in [-0.4, -0.2) is 12.2 Å². The number of carbonyl (C=O) groups excluding carboxylic acids is 1. The summed E-state index contributed by atoms with van der Waals surface area (Å²) in [6.07, 6.45) is 4.90. The van der Waals surface area contributed by atoms with Gasteiger partial charge in [0.25, 0.3) is 0 Å². The van der Waals surface area contributed by atoms with Gasteiger partial charge in [-0.2, -0.15) is 5.10 Å². The van der Waals surface area contributed by atoms with Crippen molar-refractivity contribution < 1.29 is 4.79 Å². The molecule has 3 N–H and O–H groups in total. The molecule has 4 heteroatoms. The van der Waals surface area contributed by atoms with Gasteiger partial charge in [-0.15, -0.1) is 0 Å². The lowest BCUT2D eigenvalue weighted by molar-refractivity contribution is 0.249. The number of allylic oxidation sites excluding steroid dienone is 2. The van der Waals surface area contributed by atoms with Crippen molar-refractivity contribution in [2.45, 2.75) is 6.92 Å². The SMILES string of the molecule is C/C=C/C=NNC(N)=O. The lowest BCUT2D eigenvalue weighted by Crippen LogP contribution is -2.24. The van der Waals surface area contributed by atoms with Gasteiger partial charge in [0, 0.05) is 6.21 Å². The molecule has 0 fully saturated rings. The predicted octanol–water partition coefficient (Wildman–Crippen LogP) is 0.217. The molecule has 50 valence electrons. The van der Waals surface area contributed by atoms with Crippen molar-refractivity contribution in [3.63, 3.8) is 0 Å². The maximum absolute atomic E-state index is 9.94. The quantitative estimate of drug-likeness (QED) is 0.404. The summed E-state index contributed by atoms with van der Waals surface area (Å²) in [5.74, 6) is 0. The van der Waals surface area contributed by atoms with Crippen molar-refractivity contribution in [1.29, 1.82) is 0 Å². The van der Waals surface area contributed by atoms with Crippen LogP contribution in [0, 0.1) is 0 Å². The number of primary amides is 1. The highest BCUT2D eigenvalue weighted by Gasteiger charge is 1.79. The highest BCUT2D eigenvalue weighted by atomic mass is 16.2. The van der Waals surface area contributed by atoms with Crippen LogP contribution in [0.25, 0.3) is 0 Å². The average molecular weight is 127 g/mol. The van der Waals surface area contributed by atoms with Gasteiger partial charge in [-0.05, 0) is 13.0 Å². The number of nitrogens with two attached hydrogens (primary N) is 1. The molecule has 0 rings (SSSR count). The van der Waals surface area contributed by atoms with Gasteiger partial charge in [0.1, 0.15) is 0 Å². The number of hydrazone groups is 1. The number of nitrogens with one attached hydrogen (secondary N) is 1. The van der Waals surface area contributed by atoms with E-state index in [1.165, 1.54) is 6.21 Å². The Balaban J connectivity index is 3.36. The molecule has 0 radical (unpaired) electrons. The standard InChI is InChI=1S/C5H9N3O/c1-2-3-4-7-8-5(6)9/h2-4H,1H3,(H3,6,8,9)/b3-2+,7-4?. The second-order valence-electron chi connectivity index (χ2n) is 1.28. The van der Waals surface area contributed by atoms with Gasteiger partial charge in [0.15, 0.2) is 0 Å². The first kappa shape index (κ1) is 7.68. The first-order valence-electron chi connectivity index (χ1n) is 2.47. The molecule has 0 aromatic carbocycles. The fourth-order valence-electron chi connectivity index (χ4n) is 0.230. The van der Waals surface area contributed by atoms with Crippen molar-refractivity contribution in [3.05, 3.63) is 12.2 Å². The van der Waals surface area contributed by atoms with Crippen LogP contribution in [0.3, 0.4) is 0 Å². The van der Waals surface area contributed by atoms with Gasteiger partial charge >= 0.3 is 6.03 Å². The van der Waals surface area contributed by atoms with Crippen LogP contribution in [0.2, 0.25) is 0 Å². The molecule has 0 aliphatic carbocycles. The minimum Gasteiger partial charge on any atom is -0.350 e. The summed E-state index contributed by atoms with van der Waals surface area (Å²) in [4.78, 5) is 9.94. The number of carbonyl (C=O) groups is 1. The lowest BCUT2D eigenvalue weighted by atomic mass is 10.6. The Hall–Kier alpha value is -1.32. The smallest absolute Gasteiger partial charge is 0.332 e. The molecule has 0 saturated carbocycles. The molecule has 0 aromatic heterocycles. The minimum absolute atomic E-state index is 0.657. The van der Waals surface area contributed by atoms with E-state index in [9.17, 15) is 4.79 Å². The van der Waals surface area contributed by atoms with E-state index in [-0.39, 0.29) is 0 Å². The Bertz CT molecular complexity index is 139. The molecule has 0 saturated heterocycles. The van der Waals surface area contributed by atoms with Gasteiger partial charge < -0.3 is 5.73 Å². The molecule has 0 heterocycles. The Morgan fingerprint density at radius 1 is 1.78 bits per heavy atom. The van der Waals surface area contributed by atoms with Crippen LogP contribution < -0.4 is 11.2 Å². The molecule has 4 nitrogen and oxygen atoms in total. The summed E-state index contributed by atoms with van der Waals surface area (Å²) in [5, 5.41) is 3.42. The molecule has 0 spiro atoms. The number of nitrogens with zero attached hydrogens (tertiary/aromatic N) is 1. The van der Waals surface area contributed by atoms with Crippen molar-refractivity contribution >= 4 is 12.2 Å². The van der Waals surface area contributed by atoms with E-state index in [4.69, 9.17) is 0 Å². The summed E-state index contributed by atoms with van der Waals surface area (Å²) in [6, 6.07) is -0.657. The number of amides is 2. The van der Waals surface area contributed by atoms with Crippen LogP contribution in [0.15, 0.2) is 17.3 Å². The molecule has 2 amide bonds. The second kappa shape index (κ2) is 4.83. The monoisotopic (exact) mass is 127 g/mol. The molecule has 9 heavy (non-hydrogen) atoms. The maximum Gasteiger partial charge on any atom is 0.332 e. The largest absolute Gasteiger partial charge is 0.350 e. The zero-order valence-electron chi connectivity index (χ0n) is 5.16. The fourth-order valence-corrected chi connectivity index (χ4v) is 0.230. The third-order valence-electron chi connectivity index (χ3n) is 0.528. The second-order valence-corrected chi connectivity index (χ2v) is 1.28. The van der Waals surface area contributed by atoms with Crippen LogP contribution in [-0.2, 0) is 0 Å². The predicted molar refractivity (Wildman–Crippen MR) is 36.0 cm³/mol. The number of hydrogen-bond acceptors (Lipinski definition) is 2. The van der Waals surface area contributed by atoms with E-state index in [1.807, 2.05) is 12.3 Å². The van der Waals surface area contributed by atoms with E-state index >= 15 is 0 Å². The maximum atomic E-state index is 9.94. The summed E-state index contributed by atoms with van der Waals surface area (Å²) < 4.78 is 0. The fraction of sp³-hybridized carbons (Fsp3) is 0.200. The Labute approximate surface area is 53.4 Å². The van der Waals surface area contributed by atoms with Crippen molar-refractivity contribution in [2.75, 3.05) is 0 Å². The van der Waals surface area contributed by atoms with E-state index in [0.29, 0.717) is 0 Å². The number of urea groups is 1. The van der Waals surface area contributed by atoms with Crippen molar-refractivity contribution in [2.24, 2.45) is 10.8 Å². The van der Waals surface area contributed by atoms with Crippen LogP contribution in [0.5, 0.6) is 0 Å². The molecule has 0 aliphatic heterocycles. The number of rotatable bonds is 2. The van der Waals surface area contributed by atoms with E-state index in [2.05, 4.69) is 10.8 Å². The highest BCUT2D eigenvalue weighted by Crippen LogP contribution is 1.62. The van der Waals surface area contributed by atoms with Gasteiger partial charge in [-0.25, -0.2) is 10.2 Å². The molecule has 0 atom stereocenters. The van der Waals surface area contributed by atoms with Gasteiger partial charge in [-0.3, -0.25) is 0 Å². The first-order valence-corrected chi connectivity index (χ1v) is 2.47. The van der Waals surface area contributed by atoms with Crippen molar-refractivity contribution in [1.82, 2.24) is 5.43 Å². The molecule has 0 aliphatic rings. The van der Waals surface area contributed by atoms with Crippen LogP contribution >= 0.6 is 0 Å². The van der Waals surface area contributed by atoms with E-state index < -0.39 is 6.03 Å². The molecule has 0 aromatic rings. The van der Waals surface area contributed by atoms with Gasteiger partial charge in [-0.1, -0.05) is 6.08 Å². The van der Waals surface area contributed by atoms with Crippen molar-refractivity contribution in [3.8, 4) is 0 Å². The lowest BCUT2D eigenvalue weighted by Gasteiger charge is -1.85. The Kier molecular flexibility index (Phi) is 4.12. The third-order valence-corrected chi connectivity index (χ3v) is 0.528. The molecule has 0 bridgehead atoms. The topological polar surface area (TPSA) is 67.5 Å². The van der Waals surface area contributed by atoms with Crippen LogP contribution in [0.4, 0.5) is 4.79 Å². The van der Waals surface area contributed by atoms with Gasteiger partial charge in [0.2, 0.25) is 0 Å². The van der Waals surface area contributed by atoms with Gasteiger partial charge in [0.05, 0.1) is 0 Å². The molecular formula is C5H9N3O. The summed E-state index contributed by atoms with van der Waals surface area (Å²) >= 11 is 0. The summed E-state index contributed by atoms with van der Waals surface area (Å²) in [5.41, 5.74) is 6.72. The summed E-state index contributed by atoms with van der Waals surface area (Å²) in [6.45, 7) is 1.84. The molecular weight excluding hydrogens is 118 g/mol. The summed E-state index contributed by atoms with van der Waals surface area (Å²) in [7, 11) is 0. The zero-order valence-corrected chi connectivity index (χ0v) is 5.16.